The van der Waals surface area contributed by atoms with Gasteiger partial charge < -0.3 is 5.32 Å². The molecule has 25 heavy (non-hydrogen) atoms. The van der Waals surface area contributed by atoms with Crippen molar-refractivity contribution in [3.8, 4) is 11.1 Å². The maximum Gasteiger partial charge on any atom is 0.251 e. The summed E-state index contributed by atoms with van der Waals surface area (Å²) in [6.07, 6.45) is 10.5. The van der Waals surface area contributed by atoms with Crippen LogP contribution in [0, 0.1) is 5.41 Å². The van der Waals surface area contributed by atoms with Gasteiger partial charge in [0.25, 0.3) is 5.91 Å². The molecule has 0 heterocycles. The van der Waals surface area contributed by atoms with Crippen molar-refractivity contribution in [1.29, 1.82) is 0 Å². The molecule has 2 aromatic rings. The molecule has 0 saturated heterocycles. The first-order valence-corrected chi connectivity index (χ1v) is 9.71. The zero-order chi connectivity index (χ0) is 17.1. The van der Waals surface area contributed by atoms with Crippen LogP contribution in [-0.4, -0.2) is 11.9 Å². The Hall–Kier alpha value is -2.09. The fraction of sp³-hybridized carbons (Fsp3) is 0.435. The van der Waals surface area contributed by atoms with Crippen molar-refractivity contribution in [3.05, 3.63) is 60.2 Å². The van der Waals surface area contributed by atoms with Crippen LogP contribution < -0.4 is 5.32 Å². The molecule has 2 heteroatoms. The molecule has 2 nitrogen and oxygen atoms in total. The Balaban J connectivity index is 1.35. The van der Waals surface area contributed by atoms with Crippen LogP contribution in [0.3, 0.4) is 0 Å². The van der Waals surface area contributed by atoms with Gasteiger partial charge in [-0.1, -0.05) is 55.3 Å². The molecule has 0 aliphatic heterocycles. The standard InChI is InChI=1S/C23H27NO/c25-22(24-21-12-16-23(17-13-21)14-4-5-15-23)20-10-8-19(9-11-20)18-6-2-1-3-7-18/h1-3,6-11,21H,4-5,12-17H2,(H,24,25). The van der Waals surface area contributed by atoms with Crippen LogP contribution in [-0.2, 0) is 0 Å². The average Bonchev–Trinajstić information content (AvgIpc) is 3.13. The second-order valence-electron chi connectivity index (χ2n) is 7.90. The average molecular weight is 333 g/mol. The Morgan fingerprint density at radius 3 is 2.04 bits per heavy atom. The molecule has 1 spiro atoms. The zero-order valence-electron chi connectivity index (χ0n) is 14.8. The molecular weight excluding hydrogens is 306 g/mol. The van der Waals surface area contributed by atoms with Gasteiger partial charge in [0.2, 0.25) is 0 Å². The molecule has 4 rings (SSSR count). The van der Waals surface area contributed by atoms with Crippen LogP contribution in [0.25, 0.3) is 11.1 Å². The summed E-state index contributed by atoms with van der Waals surface area (Å²) in [7, 11) is 0. The van der Waals surface area contributed by atoms with Crippen molar-refractivity contribution in [1.82, 2.24) is 5.32 Å². The molecule has 2 aliphatic carbocycles. The summed E-state index contributed by atoms with van der Waals surface area (Å²) < 4.78 is 0. The number of hydrogen-bond acceptors (Lipinski definition) is 1. The smallest absolute Gasteiger partial charge is 0.251 e. The van der Waals surface area contributed by atoms with Crippen LogP contribution >= 0.6 is 0 Å². The van der Waals surface area contributed by atoms with Crippen molar-refractivity contribution < 1.29 is 4.79 Å². The number of nitrogens with one attached hydrogen (secondary N) is 1. The predicted molar refractivity (Wildman–Crippen MR) is 103 cm³/mol. The molecule has 2 fully saturated rings. The highest BCUT2D eigenvalue weighted by atomic mass is 16.1. The van der Waals surface area contributed by atoms with E-state index in [0.717, 1.165) is 24.0 Å². The maximum atomic E-state index is 12.6. The second-order valence-corrected chi connectivity index (χ2v) is 7.90. The molecule has 2 saturated carbocycles. The minimum Gasteiger partial charge on any atom is -0.349 e. The summed E-state index contributed by atoms with van der Waals surface area (Å²) in [4.78, 5) is 12.6. The maximum absolute atomic E-state index is 12.6. The van der Waals surface area contributed by atoms with Gasteiger partial charge >= 0.3 is 0 Å². The van der Waals surface area contributed by atoms with Gasteiger partial charge in [-0.15, -0.1) is 0 Å². The highest BCUT2D eigenvalue weighted by Crippen LogP contribution is 2.48. The van der Waals surface area contributed by atoms with E-state index in [2.05, 4.69) is 17.4 Å². The zero-order valence-corrected chi connectivity index (χ0v) is 14.8. The minimum absolute atomic E-state index is 0.0759. The molecule has 0 radical (unpaired) electrons. The SMILES string of the molecule is O=C(NC1CCC2(CCCC2)CC1)c1ccc(-c2ccccc2)cc1. The lowest BCUT2D eigenvalue weighted by Crippen LogP contribution is -2.40. The van der Waals surface area contributed by atoms with Crippen molar-refractivity contribution in [2.24, 2.45) is 5.41 Å². The first kappa shape index (κ1) is 16.4. The normalized spacial score (nSPS) is 19.8. The fourth-order valence-electron chi connectivity index (χ4n) is 4.71. The van der Waals surface area contributed by atoms with Gasteiger partial charge in [-0.2, -0.15) is 0 Å². The first-order chi connectivity index (χ1) is 12.2. The summed E-state index contributed by atoms with van der Waals surface area (Å²) in [6, 6.07) is 18.6. The van der Waals surface area contributed by atoms with E-state index < -0.39 is 0 Å². The lowest BCUT2D eigenvalue weighted by atomic mass is 9.71. The van der Waals surface area contributed by atoms with Gasteiger partial charge in [0.1, 0.15) is 0 Å². The number of amides is 1. The second kappa shape index (κ2) is 7.03. The van der Waals surface area contributed by atoms with Crippen molar-refractivity contribution in [2.75, 3.05) is 0 Å². The lowest BCUT2D eigenvalue weighted by Gasteiger charge is -2.37. The van der Waals surface area contributed by atoms with E-state index in [1.165, 1.54) is 44.1 Å². The Labute approximate surface area is 150 Å². The van der Waals surface area contributed by atoms with Crippen molar-refractivity contribution in [3.63, 3.8) is 0 Å². The van der Waals surface area contributed by atoms with E-state index in [4.69, 9.17) is 0 Å². The molecule has 1 N–H and O–H groups in total. The summed E-state index contributed by atoms with van der Waals surface area (Å²) in [5.41, 5.74) is 3.72. The predicted octanol–water partition coefficient (Wildman–Crippen LogP) is 5.59. The van der Waals surface area contributed by atoms with Gasteiger partial charge in [-0.05, 0) is 67.2 Å². The summed E-state index contributed by atoms with van der Waals surface area (Å²) in [6.45, 7) is 0. The molecule has 0 unspecified atom stereocenters. The first-order valence-electron chi connectivity index (χ1n) is 9.71. The van der Waals surface area contributed by atoms with Gasteiger partial charge in [0, 0.05) is 11.6 Å². The number of benzene rings is 2. The molecule has 2 aliphatic rings. The van der Waals surface area contributed by atoms with E-state index in [9.17, 15) is 4.79 Å². The molecule has 130 valence electrons. The van der Waals surface area contributed by atoms with E-state index in [1.54, 1.807) is 0 Å². The Morgan fingerprint density at radius 2 is 1.40 bits per heavy atom. The number of hydrogen-bond donors (Lipinski definition) is 1. The molecule has 0 atom stereocenters. The van der Waals surface area contributed by atoms with E-state index in [0.29, 0.717) is 11.5 Å². The van der Waals surface area contributed by atoms with Crippen LogP contribution in [0.15, 0.2) is 54.6 Å². The Bertz CT molecular complexity index is 704. The third-order valence-electron chi connectivity index (χ3n) is 6.30. The largest absolute Gasteiger partial charge is 0.349 e. The van der Waals surface area contributed by atoms with Gasteiger partial charge in [0.15, 0.2) is 0 Å². The molecule has 2 aromatic carbocycles. The summed E-state index contributed by atoms with van der Waals surface area (Å²) in [5.74, 6) is 0.0759. The number of carbonyl (C=O) groups excluding carboxylic acids is 1. The Morgan fingerprint density at radius 1 is 0.800 bits per heavy atom. The number of carbonyl (C=O) groups is 1. The van der Waals surface area contributed by atoms with Crippen molar-refractivity contribution in [2.45, 2.75) is 57.4 Å². The van der Waals surface area contributed by atoms with Crippen LogP contribution in [0.4, 0.5) is 0 Å². The molecule has 0 aromatic heterocycles. The van der Waals surface area contributed by atoms with Gasteiger partial charge in [0.05, 0.1) is 0 Å². The van der Waals surface area contributed by atoms with E-state index in [1.807, 2.05) is 42.5 Å². The van der Waals surface area contributed by atoms with Crippen LogP contribution in [0.5, 0.6) is 0 Å². The third-order valence-corrected chi connectivity index (χ3v) is 6.30. The topological polar surface area (TPSA) is 29.1 Å². The highest BCUT2D eigenvalue weighted by Gasteiger charge is 2.37. The molecule has 0 bridgehead atoms. The molecular formula is C23H27NO. The number of rotatable bonds is 3. The molecule has 1 amide bonds. The minimum atomic E-state index is 0.0759. The lowest BCUT2D eigenvalue weighted by molar-refractivity contribution is 0.0898. The summed E-state index contributed by atoms with van der Waals surface area (Å²) in [5, 5.41) is 3.26. The van der Waals surface area contributed by atoms with Crippen LogP contribution in [0.2, 0.25) is 0 Å². The van der Waals surface area contributed by atoms with Gasteiger partial charge in [-0.3, -0.25) is 4.79 Å². The van der Waals surface area contributed by atoms with E-state index >= 15 is 0 Å². The highest BCUT2D eigenvalue weighted by molar-refractivity contribution is 5.94. The third kappa shape index (κ3) is 3.63. The quantitative estimate of drug-likeness (QED) is 0.780. The van der Waals surface area contributed by atoms with Crippen molar-refractivity contribution >= 4 is 5.91 Å². The monoisotopic (exact) mass is 333 g/mol. The van der Waals surface area contributed by atoms with E-state index in [-0.39, 0.29) is 5.91 Å². The summed E-state index contributed by atoms with van der Waals surface area (Å²) >= 11 is 0. The van der Waals surface area contributed by atoms with Crippen LogP contribution in [0.1, 0.15) is 61.7 Å². The van der Waals surface area contributed by atoms with Gasteiger partial charge in [-0.25, -0.2) is 0 Å². The fourth-order valence-corrected chi connectivity index (χ4v) is 4.71. The Kier molecular flexibility index (Phi) is 4.61.